The third-order valence-corrected chi connectivity index (χ3v) is 5.35. The van der Waals surface area contributed by atoms with E-state index >= 15 is 0 Å². The molecule has 0 saturated heterocycles. The highest BCUT2D eigenvalue weighted by Gasteiger charge is 2.57. The smallest absolute Gasteiger partial charge is 0.222 e. The van der Waals surface area contributed by atoms with Gasteiger partial charge in [-0.3, -0.25) is 9.48 Å². The van der Waals surface area contributed by atoms with Crippen molar-refractivity contribution >= 4 is 5.91 Å². The lowest BCUT2D eigenvalue weighted by Gasteiger charge is -2.54. The molecule has 5 nitrogen and oxygen atoms in total. The summed E-state index contributed by atoms with van der Waals surface area (Å²) >= 11 is 0. The number of rotatable bonds is 6. The summed E-state index contributed by atoms with van der Waals surface area (Å²) < 4.78 is 7.73. The first kappa shape index (κ1) is 15.5. The molecule has 2 fully saturated rings. The maximum absolute atomic E-state index is 12.2. The number of hydrogen-bond donors (Lipinski definition) is 1. The van der Waals surface area contributed by atoms with Crippen molar-refractivity contribution in [3.8, 4) is 0 Å². The van der Waals surface area contributed by atoms with Crippen LogP contribution < -0.4 is 5.32 Å². The fourth-order valence-electron chi connectivity index (χ4n) is 4.16. The normalized spacial score (nSPS) is 26.1. The zero-order valence-electron chi connectivity index (χ0n) is 13.7. The second kappa shape index (κ2) is 6.41. The molecular weight excluding hydrogens is 278 g/mol. The average Bonchev–Trinajstić information content (AvgIpc) is 3.14. The molecule has 1 heterocycles. The number of aryl methyl sites for hydroxylation is 2. The second-order valence-electron chi connectivity index (χ2n) is 6.77. The van der Waals surface area contributed by atoms with Gasteiger partial charge in [0.25, 0.3) is 0 Å². The number of carbonyl (C=O) groups excluding carboxylic acids is 1. The summed E-state index contributed by atoms with van der Waals surface area (Å²) in [5.41, 5.74) is 1.34. The first-order chi connectivity index (χ1) is 10.6. The Morgan fingerprint density at radius 3 is 2.91 bits per heavy atom. The van der Waals surface area contributed by atoms with Crippen LogP contribution in [0.5, 0.6) is 0 Å². The fraction of sp³-hybridized carbons (Fsp3) is 0.765. The van der Waals surface area contributed by atoms with Crippen molar-refractivity contribution in [3.63, 3.8) is 0 Å². The molecule has 0 radical (unpaired) electrons. The van der Waals surface area contributed by atoms with Crippen LogP contribution in [0.2, 0.25) is 0 Å². The number of nitrogens with one attached hydrogen (secondary N) is 1. The zero-order chi connectivity index (χ0) is 15.6. The van der Waals surface area contributed by atoms with Crippen LogP contribution in [-0.2, 0) is 16.1 Å². The Bertz CT molecular complexity index is 520. The summed E-state index contributed by atoms with van der Waals surface area (Å²) in [5, 5.41) is 7.48. The van der Waals surface area contributed by atoms with Crippen LogP contribution in [0.3, 0.4) is 0 Å². The van der Waals surface area contributed by atoms with Crippen LogP contribution in [0.25, 0.3) is 0 Å². The van der Waals surface area contributed by atoms with E-state index in [0.717, 1.165) is 18.6 Å². The van der Waals surface area contributed by atoms with E-state index in [0.29, 0.717) is 25.1 Å². The molecule has 0 aromatic carbocycles. The van der Waals surface area contributed by atoms with E-state index in [1.165, 1.54) is 25.7 Å². The standard InChI is InChI=1S/C17H27N3O2/c1-3-22-15-10-14(17(15)7-4-5-8-17)19-16(21)6-9-20-12-13(2)11-18-20/h11-12,14-15H,3-10H2,1-2H3,(H,19,21)/t14-,15-/m1/s1. The molecule has 1 amide bonds. The number of aromatic nitrogens is 2. The second-order valence-corrected chi connectivity index (χ2v) is 6.77. The molecule has 2 atom stereocenters. The fourth-order valence-corrected chi connectivity index (χ4v) is 4.16. The Morgan fingerprint density at radius 2 is 2.27 bits per heavy atom. The first-order valence-corrected chi connectivity index (χ1v) is 8.54. The summed E-state index contributed by atoms with van der Waals surface area (Å²) in [4.78, 5) is 12.2. The van der Waals surface area contributed by atoms with Gasteiger partial charge in [-0.25, -0.2) is 0 Å². The van der Waals surface area contributed by atoms with E-state index in [1.807, 2.05) is 24.0 Å². The maximum Gasteiger partial charge on any atom is 0.222 e. The molecule has 1 N–H and O–H groups in total. The van der Waals surface area contributed by atoms with Gasteiger partial charge in [-0.05, 0) is 38.7 Å². The van der Waals surface area contributed by atoms with Crippen molar-refractivity contribution in [1.82, 2.24) is 15.1 Å². The van der Waals surface area contributed by atoms with Crippen molar-refractivity contribution in [1.29, 1.82) is 0 Å². The minimum absolute atomic E-state index is 0.138. The van der Waals surface area contributed by atoms with Crippen LogP contribution in [0.1, 0.15) is 51.0 Å². The molecule has 122 valence electrons. The molecule has 5 heteroatoms. The Hall–Kier alpha value is -1.36. The molecule has 2 aliphatic rings. The van der Waals surface area contributed by atoms with Crippen molar-refractivity contribution < 1.29 is 9.53 Å². The monoisotopic (exact) mass is 305 g/mol. The molecular formula is C17H27N3O2. The number of carbonyl (C=O) groups is 1. The van der Waals surface area contributed by atoms with E-state index in [4.69, 9.17) is 4.74 Å². The van der Waals surface area contributed by atoms with Gasteiger partial charge in [-0.15, -0.1) is 0 Å². The number of nitrogens with zero attached hydrogens (tertiary/aromatic N) is 2. The van der Waals surface area contributed by atoms with Gasteiger partial charge < -0.3 is 10.1 Å². The quantitative estimate of drug-likeness (QED) is 0.878. The topological polar surface area (TPSA) is 56.1 Å². The summed E-state index contributed by atoms with van der Waals surface area (Å²) in [5.74, 6) is 0.138. The van der Waals surface area contributed by atoms with Crippen LogP contribution in [-0.4, -0.2) is 34.4 Å². The summed E-state index contributed by atoms with van der Waals surface area (Å²) in [6, 6.07) is 0.304. The highest BCUT2D eigenvalue weighted by Crippen LogP contribution is 2.54. The largest absolute Gasteiger partial charge is 0.378 e. The van der Waals surface area contributed by atoms with Crippen LogP contribution in [0.15, 0.2) is 12.4 Å². The molecule has 3 rings (SSSR count). The van der Waals surface area contributed by atoms with Gasteiger partial charge in [0, 0.05) is 37.2 Å². The molecule has 0 unspecified atom stereocenters. The predicted molar refractivity (Wildman–Crippen MR) is 84.4 cm³/mol. The molecule has 22 heavy (non-hydrogen) atoms. The SMILES string of the molecule is CCO[C@@H]1C[C@@H](NC(=O)CCn2cc(C)cn2)C12CCCC2. The van der Waals surface area contributed by atoms with Gasteiger partial charge in [0.15, 0.2) is 0 Å². The predicted octanol–water partition coefficient (Wildman–Crippen LogP) is 2.44. The van der Waals surface area contributed by atoms with Gasteiger partial charge in [0.2, 0.25) is 5.91 Å². The van der Waals surface area contributed by atoms with Crippen molar-refractivity contribution in [2.45, 2.75) is 71.1 Å². The van der Waals surface area contributed by atoms with E-state index in [1.54, 1.807) is 0 Å². The van der Waals surface area contributed by atoms with Crippen molar-refractivity contribution in [3.05, 3.63) is 18.0 Å². The summed E-state index contributed by atoms with van der Waals surface area (Å²) in [7, 11) is 0. The highest BCUT2D eigenvalue weighted by molar-refractivity contribution is 5.76. The minimum atomic E-state index is 0.138. The van der Waals surface area contributed by atoms with Gasteiger partial charge in [0.05, 0.1) is 12.3 Å². The van der Waals surface area contributed by atoms with Crippen molar-refractivity contribution in [2.24, 2.45) is 5.41 Å². The molecule has 1 aromatic heterocycles. The molecule has 1 spiro atoms. The van der Waals surface area contributed by atoms with Crippen LogP contribution in [0, 0.1) is 12.3 Å². The maximum atomic E-state index is 12.2. The van der Waals surface area contributed by atoms with Gasteiger partial charge in [-0.2, -0.15) is 5.10 Å². The first-order valence-electron chi connectivity index (χ1n) is 8.54. The lowest BCUT2D eigenvalue weighted by Crippen LogP contribution is -2.63. The van der Waals surface area contributed by atoms with E-state index in [9.17, 15) is 4.79 Å². The average molecular weight is 305 g/mol. The number of hydrogen-bond acceptors (Lipinski definition) is 3. The third kappa shape index (κ3) is 2.91. The molecule has 0 aliphatic heterocycles. The number of amides is 1. The van der Waals surface area contributed by atoms with Gasteiger partial charge in [-0.1, -0.05) is 12.8 Å². The third-order valence-electron chi connectivity index (χ3n) is 5.35. The van der Waals surface area contributed by atoms with Gasteiger partial charge >= 0.3 is 0 Å². The lowest BCUT2D eigenvalue weighted by molar-refractivity contribution is -0.144. The summed E-state index contributed by atoms with van der Waals surface area (Å²) in [6.45, 7) is 5.48. The van der Waals surface area contributed by atoms with E-state index in [2.05, 4.69) is 17.3 Å². The van der Waals surface area contributed by atoms with Gasteiger partial charge in [0.1, 0.15) is 0 Å². The molecule has 2 saturated carbocycles. The van der Waals surface area contributed by atoms with E-state index < -0.39 is 0 Å². The molecule has 1 aromatic rings. The number of ether oxygens (including phenoxy) is 1. The highest BCUT2D eigenvalue weighted by atomic mass is 16.5. The Morgan fingerprint density at radius 1 is 1.50 bits per heavy atom. The van der Waals surface area contributed by atoms with Crippen LogP contribution in [0.4, 0.5) is 0 Å². The minimum Gasteiger partial charge on any atom is -0.378 e. The molecule has 0 bridgehead atoms. The van der Waals surface area contributed by atoms with E-state index in [-0.39, 0.29) is 11.3 Å². The Kier molecular flexibility index (Phi) is 4.52. The lowest BCUT2D eigenvalue weighted by atomic mass is 9.60. The Balaban J connectivity index is 1.51. The zero-order valence-corrected chi connectivity index (χ0v) is 13.7. The molecule has 2 aliphatic carbocycles. The van der Waals surface area contributed by atoms with Crippen LogP contribution >= 0.6 is 0 Å². The van der Waals surface area contributed by atoms with Crippen molar-refractivity contribution in [2.75, 3.05) is 6.61 Å². The Labute approximate surface area is 132 Å². The summed E-state index contributed by atoms with van der Waals surface area (Å²) in [6.07, 6.45) is 10.5.